The van der Waals surface area contributed by atoms with E-state index in [0.717, 1.165) is 24.5 Å². The first-order valence-electron chi connectivity index (χ1n) is 8.27. The van der Waals surface area contributed by atoms with Crippen LogP contribution in [0.3, 0.4) is 0 Å². The number of nitrogens with one attached hydrogen (secondary N) is 2. The number of hydrogen-bond donors (Lipinski definition) is 2. The van der Waals surface area contributed by atoms with Gasteiger partial charge in [-0.2, -0.15) is 5.10 Å². The highest BCUT2D eigenvalue weighted by molar-refractivity contribution is 7.71. The lowest BCUT2D eigenvalue weighted by atomic mass is 10.0. The fourth-order valence-corrected chi connectivity index (χ4v) is 3.07. The maximum absolute atomic E-state index is 12.8. The standard InChI is InChI=1S/C17H25N5OS/c1-4-21(5-2)15(14-9-7-6-8-10-14)16(23)18-11-12-22-13(3)19-20-17(22)24/h6-10,15H,4-5,11-12H2,1-3H3,(H,18,23)(H,20,24). The minimum absolute atomic E-state index is 0.0116. The topological polar surface area (TPSA) is 66.0 Å². The van der Waals surface area contributed by atoms with Crippen molar-refractivity contribution in [1.29, 1.82) is 0 Å². The van der Waals surface area contributed by atoms with E-state index in [2.05, 4.69) is 34.3 Å². The molecule has 2 rings (SSSR count). The first-order chi connectivity index (χ1) is 11.6. The highest BCUT2D eigenvalue weighted by Crippen LogP contribution is 2.20. The molecule has 1 atom stereocenters. The number of aryl methyl sites for hydroxylation is 1. The number of likely N-dealkylation sites (N-methyl/N-ethyl adjacent to an activating group) is 1. The van der Waals surface area contributed by atoms with E-state index < -0.39 is 0 Å². The van der Waals surface area contributed by atoms with Gasteiger partial charge in [0.15, 0.2) is 4.77 Å². The molecule has 1 unspecified atom stereocenters. The monoisotopic (exact) mass is 347 g/mol. The minimum Gasteiger partial charge on any atom is -0.353 e. The normalized spacial score (nSPS) is 12.3. The zero-order chi connectivity index (χ0) is 17.5. The SMILES string of the molecule is CCN(CC)C(C(=O)NCCn1c(C)n[nH]c1=S)c1ccccc1. The van der Waals surface area contributed by atoms with Crippen molar-refractivity contribution in [3.63, 3.8) is 0 Å². The van der Waals surface area contributed by atoms with Crippen LogP contribution in [0.5, 0.6) is 0 Å². The van der Waals surface area contributed by atoms with Gasteiger partial charge in [0.25, 0.3) is 0 Å². The van der Waals surface area contributed by atoms with Crippen LogP contribution >= 0.6 is 12.2 Å². The molecular formula is C17H25N5OS. The fraction of sp³-hybridized carbons (Fsp3) is 0.471. The Morgan fingerprint density at radius 3 is 2.54 bits per heavy atom. The Kier molecular flexibility index (Phi) is 6.69. The summed E-state index contributed by atoms with van der Waals surface area (Å²) in [5.74, 6) is 0.829. The molecule has 1 heterocycles. The van der Waals surface area contributed by atoms with Crippen LogP contribution in [0.1, 0.15) is 31.3 Å². The van der Waals surface area contributed by atoms with E-state index in [9.17, 15) is 4.79 Å². The molecule has 0 radical (unpaired) electrons. The van der Waals surface area contributed by atoms with Gasteiger partial charge < -0.3 is 9.88 Å². The summed E-state index contributed by atoms with van der Waals surface area (Å²) >= 11 is 5.18. The van der Waals surface area contributed by atoms with Crippen LogP contribution in [0.4, 0.5) is 0 Å². The molecule has 130 valence electrons. The first kappa shape index (κ1) is 18.4. The molecule has 0 saturated carbocycles. The van der Waals surface area contributed by atoms with Crippen LogP contribution in [-0.4, -0.2) is 45.2 Å². The van der Waals surface area contributed by atoms with Gasteiger partial charge in [0.05, 0.1) is 0 Å². The highest BCUT2D eigenvalue weighted by Gasteiger charge is 2.25. The lowest BCUT2D eigenvalue weighted by Crippen LogP contribution is -2.41. The van der Waals surface area contributed by atoms with E-state index in [1.807, 2.05) is 41.8 Å². The van der Waals surface area contributed by atoms with Gasteiger partial charge in [0.2, 0.25) is 5.91 Å². The van der Waals surface area contributed by atoms with Crippen molar-refractivity contribution < 1.29 is 4.79 Å². The molecule has 2 N–H and O–H groups in total. The third-order valence-electron chi connectivity index (χ3n) is 4.12. The van der Waals surface area contributed by atoms with Gasteiger partial charge in [-0.05, 0) is 37.8 Å². The molecule has 1 amide bonds. The summed E-state index contributed by atoms with van der Waals surface area (Å²) in [6, 6.07) is 9.61. The largest absolute Gasteiger partial charge is 0.353 e. The van der Waals surface area contributed by atoms with E-state index in [1.54, 1.807) is 0 Å². The number of rotatable bonds is 8. The summed E-state index contributed by atoms with van der Waals surface area (Å²) in [7, 11) is 0. The quantitative estimate of drug-likeness (QED) is 0.720. The molecule has 2 aromatic rings. The Labute approximate surface area is 147 Å². The summed E-state index contributed by atoms with van der Waals surface area (Å²) < 4.78 is 2.45. The summed E-state index contributed by atoms with van der Waals surface area (Å²) in [6.07, 6.45) is 0. The van der Waals surface area contributed by atoms with Gasteiger partial charge in [0.1, 0.15) is 11.9 Å². The molecule has 1 aromatic heterocycles. The van der Waals surface area contributed by atoms with Crippen LogP contribution < -0.4 is 5.32 Å². The molecule has 0 bridgehead atoms. The van der Waals surface area contributed by atoms with Gasteiger partial charge in [-0.15, -0.1) is 0 Å². The van der Waals surface area contributed by atoms with Crippen molar-refractivity contribution in [3.8, 4) is 0 Å². The van der Waals surface area contributed by atoms with Gasteiger partial charge in [-0.25, -0.2) is 0 Å². The van der Waals surface area contributed by atoms with Crippen molar-refractivity contribution >= 4 is 18.1 Å². The molecule has 0 fully saturated rings. The molecule has 0 aliphatic rings. The second-order valence-electron chi connectivity index (χ2n) is 5.55. The smallest absolute Gasteiger partial charge is 0.242 e. The van der Waals surface area contributed by atoms with Gasteiger partial charge in [0, 0.05) is 13.1 Å². The van der Waals surface area contributed by atoms with E-state index in [4.69, 9.17) is 12.2 Å². The Balaban J connectivity index is 2.06. The van der Waals surface area contributed by atoms with E-state index in [-0.39, 0.29) is 11.9 Å². The van der Waals surface area contributed by atoms with Crippen molar-refractivity contribution in [2.45, 2.75) is 33.4 Å². The second-order valence-corrected chi connectivity index (χ2v) is 5.94. The maximum atomic E-state index is 12.8. The molecule has 0 aliphatic carbocycles. The molecular weight excluding hydrogens is 322 g/mol. The van der Waals surface area contributed by atoms with Crippen molar-refractivity contribution in [1.82, 2.24) is 25.0 Å². The number of aromatic nitrogens is 3. The Morgan fingerprint density at radius 1 is 1.33 bits per heavy atom. The van der Waals surface area contributed by atoms with Crippen LogP contribution in [-0.2, 0) is 11.3 Å². The predicted octanol–water partition coefficient (Wildman–Crippen LogP) is 2.45. The predicted molar refractivity (Wildman–Crippen MR) is 97.3 cm³/mol. The van der Waals surface area contributed by atoms with Crippen LogP contribution in [0, 0.1) is 11.7 Å². The van der Waals surface area contributed by atoms with Gasteiger partial charge in [-0.1, -0.05) is 44.2 Å². The van der Waals surface area contributed by atoms with Crippen molar-refractivity contribution in [2.75, 3.05) is 19.6 Å². The summed E-state index contributed by atoms with van der Waals surface area (Å²) in [5.41, 5.74) is 1.01. The molecule has 0 aliphatic heterocycles. The Bertz CT molecular complexity index is 705. The van der Waals surface area contributed by atoms with Gasteiger partial charge in [-0.3, -0.25) is 14.8 Å². The summed E-state index contributed by atoms with van der Waals surface area (Å²) in [6.45, 7) is 8.77. The van der Waals surface area contributed by atoms with Crippen molar-refractivity contribution in [2.24, 2.45) is 0 Å². The average Bonchev–Trinajstić information content (AvgIpc) is 2.92. The van der Waals surface area contributed by atoms with E-state index in [1.165, 1.54) is 0 Å². The van der Waals surface area contributed by atoms with Crippen LogP contribution in [0.15, 0.2) is 30.3 Å². The highest BCUT2D eigenvalue weighted by atomic mass is 32.1. The fourth-order valence-electron chi connectivity index (χ4n) is 2.80. The zero-order valence-electron chi connectivity index (χ0n) is 14.5. The molecule has 1 aromatic carbocycles. The first-order valence-corrected chi connectivity index (χ1v) is 8.67. The number of aromatic amines is 1. The Morgan fingerprint density at radius 2 is 2.00 bits per heavy atom. The minimum atomic E-state index is -0.278. The number of carbonyl (C=O) groups is 1. The van der Waals surface area contributed by atoms with Crippen molar-refractivity contribution in [3.05, 3.63) is 46.5 Å². The maximum Gasteiger partial charge on any atom is 0.242 e. The average molecular weight is 347 g/mol. The molecule has 6 nitrogen and oxygen atoms in total. The summed E-state index contributed by atoms with van der Waals surface area (Å²) in [5, 5.41) is 9.86. The van der Waals surface area contributed by atoms with Gasteiger partial charge >= 0.3 is 0 Å². The number of hydrogen-bond acceptors (Lipinski definition) is 4. The third kappa shape index (κ3) is 4.30. The van der Waals surface area contributed by atoms with Crippen LogP contribution in [0.25, 0.3) is 0 Å². The zero-order valence-corrected chi connectivity index (χ0v) is 15.3. The molecule has 24 heavy (non-hydrogen) atoms. The number of carbonyl (C=O) groups excluding carboxylic acids is 1. The lowest BCUT2D eigenvalue weighted by Gasteiger charge is -2.29. The molecule has 7 heteroatoms. The Hall–Kier alpha value is -1.99. The molecule has 0 saturated heterocycles. The number of amides is 1. The summed E-state index contributed by atoms with van der Waals surface area (Å²) in [4.78, 5) is 14.9. The number of nitrogens with zero attached hydrogens (tertiary/aromatic N) is 3. The van der Waals surface area contributed by atoms with Crippen LogP contribution in [0.2, 0.25) is 0 Å². The van der Waals surface area contributed by atoms with E-state index >= 15 is 0 Å². The van der Waals surface area contributed by atoms with E-state index in [0.29, 0.717) is 17.9 Å². The second kappa shape index (κ2) is 8.75. The lowest BCUT2D eigenvalue weighted by molar-refractivity contribution is -0.126. The molecule has 0 spiro atoms. The number of H-pyrrole nitrogens is 1. The number of benzene rings is 1. The third-order valence-corrected chi connectivity index (χ3v) is 4.44.